The fraction of sp³-hybridized carbons (Fsp3) is 1.00. The van der Waals surface area contributed by atoms with Crippen LogP contribution in [0.4, 0.5) is 0 Å². The van der Waals surface area contributed by atoms with Crippen LogP contribution in [0.5, 0.6) is 0 Å². The normalized spacial score (nSPS) is 16.7. The minimum atomic E-state index is 0.722. The highest BCUT2D eigenvalue weighted by Gasteiger charge is 2.24. The molecule has 1 aliphatic rings. The molecule has 14 heavy (non-hydrogen) atoms. The predicted molar refractivity (Wildman–Crippen MR) is 68.8 cm³/mol. The molecule has 0 aromatic heterocycles. The van der Waals surface area contributed by atoms with E-state index in [2.05, 4.69) is 41.5 Å². The Bertz CT molecular complexity index is 84.2. The van der Waals surface area contributed by atoms with Gasteiger partial charge in [0, 0.05) is 0 Å². The van der Waals surface area contributed by atoms with Crippen LogP contribution >= 0.6 is 0 Å². The third-order valence-electron chi connectivity index (χ3n) is 2.41. The topological polar surface area (TPSA) is 0 Å². The average Bonchev–Trinajstić information content (AvgIpc) is 2.06. The first-order chi connectivity index (χ1) is 6.54. The molecule has 0 heterocycles. The zero-order valence-electron chi connectivity index (χ0n) is 11.4. The van der Waals surface area contributed by atoms with Gasteiger partial charge in [-0.15, -0.1) is 0 Å². The number of hydrogen-bond acceptors (Lipinski definition) is 0. The first-order valence-corrected chi connectivity index (χ1v) is 6.54. The van der Waals surface area contributed by atoms with Gasteiger partial charge in [-0.25, -0.2) is 0 Å². The molecule has 1 rings (SSSR count). The van der Waals surface area contributed by atoms with E-state index in [1.807, 2.05) is 0 Å². The lowest BCUT2D eigenvalue weighted by Crippen LogP contribution is -2.20. The Kier molecular flexibility index (Phi) is 13.0. The van der Waals surface area contributed by atoms with Crippen LogP contribution in [-0.2, 0) is 0 Å². The van der Waals surface area contributed by atoms with Gasteiger partial charge in [0.1, 0.15) is 0 Å². The summed E-state index contributed by atoms with van der Waals surface area (Å²) in [7, 11) is 0. The van der Waals surface area contributed by atoms with Crippen molar-refractivity contribution in [2.24, 2.45) is 5.41 Å². The highest BCUT2D eigenvalue weighted by molar-refractivity contribution is 4.77. The molecule has 0 saturated heterocycles. The van der Waals surface area contributed by atoms with E-state index in [1.54, 1.807) is 0 Å². The lowest BCUT2D eigenvalue weighted by Gasteiger charge is -2.33. The van der Waals surface area contributed by atoms with Gasteiger partial charge in [0.15, 0.2) is 0 Å². The summed E-state index contributed by atoms with van der Waals surface area (Å²) in [6.07, 6.45) is 9.69. The molecule has 0 aliphatic heterocycles. The lowest BCUT2D eigenvalue weighted by molar-refractivity contribution is 0.190. The van der Waals surface area contributed by atoms with Crippen LogP contribution < -0.4 is 0 Å². The summed E-state index contributed by atoms with van der Waals surface area (Å²) in [4.78, 5) is 0. The maximum Gasteiger partial charge on any atom is -0.0354 e. The van der Waals surface area contributed by atoms with E-state index in [9.17, 15) is 0 Å². The van der Waals surface area contributed by atoms with E-state index in [4.69, 9.17) is 0 Å². The van der Waals surface area contributed by atoms with Crippen LogP contribution in [0.1, 0.15) is 86.5 Å². The molecule has 0 radical (unpaired) electrons. The minimum Gasteiger partial charge on any atom is -0.0656 e. The van der Waals surface area contributed by atoms with E-state index < -0.39 is 0 Å². The van der Waals surface area contributed by atoms with Crippen molar-refractivity contribution in [1.29, 1.82) is 0 Å². The van der Waals surface area contributed by atoms with Crippen molar-refractivity contribution in [2.45, 2.75) is 86.5 Å². The first kappa shape index (κ1) is 16.4. The van der Waals surface area contributed by atoms with Crippen molar-refractivity contribution < 1.29 is 0 Å². The Hall–Kier alpha value is 0. The van der Waals surface area contributed by atoms with Gasteiger partial charge in [0.05, 0.1) is 0 Å². The summed E-state index contributed by atoms with van der Waals surface area (Å²) in [5.41, 5.74) is 0.722. The second-order valence-corrected chi connectivity index (χ2v) is 5.08. The molecule has 0 nitrogen and oxygen atoms in total. The van der Waals surface area contributed by atoms with Crippen LogP contribution in [0.3, 0.4) is 0 Å². The molecule has 0 N–H and O–H groups in total. The maximum absolute atomic E-state index is 2.33. The van der Waals surface area contributed by atoms with Gasteiger partial charge in [-0.2, -0.15) is 0 Å². The fourth-order valence-electron chi connectivity index (χ4n) is 1.24. The van der Waals surface area contributed by atoms with Crippen molar-refractivity contribution in [2.75, 3.05) is 0 Å². The van der Waals surface area contributed by atoms with E-state index in [-0.39, 0.29) is 0 Å². The standard InChI is InChI=1S/C6H12.C5H12.C3H8/c1-6(2)4-3-5-6;1-3-5-4-2;1-3-2/h3-5H2,1-2H3;3-5H2,1-2H3;3H2,1-2H3. The van der Waals surface area contributed by atoms with Gasteiger partial charge >= 0.3 is 0 Å². The smallest absolute Gasteiger partial charge is 0.0354 e. The highest BCUT2D eigenvalue weighted by Crippen LogP contribution is 2.38. The van der Waals surface area contributed by atoms with Gasteiger partial charge in [-0.05, 0) is 18.3 Å². The monoisotopic (exact) mass is 200 g/mol. The molecule has 0 aromatic carbocycles. The highest BCUT2D eigenvalue weighted by atomic mass is 14.3. The molecule has 0 heteroatoms. The van der Waals surface area contributed by atoms with Crippen molar-refractivity contribution >= 4 is 0 Å². The average molecular weight is 200 g/mol. The zero-order valence-corrected chi connectivity index (χ0v) is 11.4. The molecule has 1 aliphatic carbocycles. The van der Waals surface area contributed by atoms with Crippen LogP contribution in [0.15, 0.2) is 0 Å². The Morgan fingerprint density at radius 3 is 1.14 bits per heavy atom. The van der Waals surface area contributed by atoms with Crippen LogP contribution in [0, 0.1) is 5.41 Å². The van der Waals surface area contributed by atoms with Crippen molar-refractivity contribution in [3.8, 4) is 0 Å². The molecule has 0 bridgehead atoms. The third-order valence-corrected chi connectivity index (χ3v) is 2.41. The summed E-state index contributed by atoms with van der Waals surface area (Å²) in [5.74, 6) is 0. The van der Waals surface area contributed by atoms with Gasteiger partial charge in [-0.3, -0.25) is 0 Å². The Balaban J connectivity index is 0. The molecule has 0 atom stereocenters. The van der Waals surface area contributed by atoms with E-state index in [0.29, 0.717) is 0 Å². The summed E-state index contributed by atoms with van der Waals surface area (Å²) in [6.45, 7) is 13.3. The van der Waals surface area contributed by atoms with E-state index in [0.717, 1.165) is 5.41 Å². The van der Waals surface area contributed by atoms with Crippen LogP contribution in [0.25, 0.3) is 0 Å². The molecular weight excluding hydrogens is 168 g/mol. The second-order valence-electron chi connectivity index (χ2n) is 5.08. The third kappa shape index (κ3) is 14.5. The molecule has 1 fully saturated rings. The van der Waals surface area contributed by atoms with E-state index in [1.165, 1.54) is 44.9 Å². The summed E-state index contributed by atoms with van der Waals surface area (Å²) in [6, 6.07) is 0. The zero-order chi connectivity index (χ0) is 11.4. The fourth-order valence-corrected chi connectivity index (χ4v) is 1.24. The Morgan fingerprint density at radius 2 is 1.14 bits per heavy atom. The lowest BCUT2D eigenvalue weighted by atomic mass is 9.72. The van der Waals surface area contributed by atoms with Gasteiger partial charge in [0.25, 0.3) is 0 Å². The predicted octanol–water partition coefficient (Wildman–Crippen LogP) is 5.81. The first-order valence-electron chi connectivity index (χ1n) is 6.54. The molecule has 1 saturated carbocycles. The summed E-state index contributed by atoms with van der Waals surface area (Å²) >= 11 is 0. The van der Waals surface area contributed by atoms with E-state index >= 15 is 0 Å². The number of rotatable bonds is 2. The van der Waals surface area contributed by atoms with Gasteiger partial charge < -0.3 is 0 Å². The Labute approximate surface area is 92.5 Å². The molecule has 0 amide bonds. The minimum absolute atomic E-state index is 0.722. The van der Waals surface area contributed by atoms with Gasteiger partial charge in [-0.1, -0.05) is 73.6 Å². The molecule has 88 valence electrons. The quantitative estimate of drug-likeness (QED) is 0.527. The summed E-state index contributed by atoms with van der Waals surface area (Å²) in [5, 5.41) is 0. The molecular formula is C14H32. The number of hydrogen-bond donors (Lipinski definition) is 0. The molecule has 0 spiro atoms. The number of unbranched alkanes of at least 4 members (excludes halogenated alkanes) is 2. The van der Waals surface area contributed by atoms with Gasteiger partial charge in [0.2, 0.25) is 0 Å². The van der Waals surface area contributed by atoms with Crippen molar-refractivity contribution in [3.63, 3.8) is 0 Å². The molecule has 0 aromatic rings. The van der Waals surface area contributed by atoms with Crippen LogP contribution in [-0.4, -0.2) is 0 Å². The van der Waals surface area contributed by atoms with Crippen molar-refractivity contribution in [3.05, 3.63) is 0 Å². The maximum atomic E-state index is 2.33. The second kappa shape index (κ2) is 11.1. The summed E-state index contributed by atoms with van der Waals surface area (Å²) < 4.78 is 0. The molecule has 0 unspecified atom stereocenters. The SMILES string of the molecule is CC1(C)CCC1.CCC.CCCCC. The Morgan fingerprint density at radius 1 is 0.857 bits per heavy atom. The largest absolute Gasteiger partial charge is 0.0656 e. The van der Waals surface area contributed by atoms with Crippen molar-refractivity contribution in [1.82, 2.24) is 0 Å². The van der Waals surface area contributed by atoms with Crippen LogP contribution in [0.2, 0.25) is 0 Å².